The van der Waals surface area contributed by atoms with Gasteiger partial charge in [-0.15, -0.1) is 0 Å². The third-order valence-corrected chi connectivity index (χ3v) is 6.14. The molecule has 1 aromatic carbocycles. The second kappa shape index (κ2) is 7.73. The Morgan fingerprint density at radius 2 is 1.93 bits per heavy atom. The highest BCUT2D eigenvalue weighted by atomic mass is 16.7. The Kier molecular flexibility index (Phi) is 5.39. The first-order valence-corrected chi connectivity index (χ1v) is 9.91. The Morgan fingerprint density at radius 1 is 1.20 bits per heavy atom. The Bertz CT molecular complexity index is 840. The van der Waals surface area contributed by atoms with E-state index in [1.807, 2.05) is 0 Å². The molecule has 9 nitrogen and oxygen atoms in total. The van der Waals surface area contributed by atoms with Crippen LogP contribution in [0.4, 0.5) is 0 Å². The van der Waals surface area contributed by atoms with E-state index in [1.165, 1.54) is 7.11 Å². The Hall–Kier alpha value is -2.33. The minimum atomic E-state index is -2.20. The fraction of sp³-hybridized carbons (Fsp3) is 0.571. The van der Waals surface area contributed by atoms with Gasteiger partial charge in [-0.2, -0.15) is 0 Å². The smallest absolute Gasteiger partial charge is 0.338 e. The molecule has 1 aliphatic carbocycles. The average Bonchev–Trinajstić information content (AvgIpc) is 2.96. The van der Waals surface area contributed by atoms with E-state index in [0.29, 0.717) is 12.0 Å². The van der Waals surface area contributed by atoms with Crippen LogP contribution in [0.5, 0.6) is 0 Å². The van der Waals surface area contributed by atoms with E-state index in [0.717, 1.165) is 0 Å². The lowest BCUT2D eigenvalue weighted by molar-refractivity contribution is -0.257. The number of benzene rings is 1. The van der Waals surface area contributed by atoms with Crippen LogP contribution in [0.1, 0.15) is 36.0 Å². The molecule has 1 saturated carbocycles. The van der Waals surface area contributed by atoms with Gasteiger partial charge in [-0.1, -0.05) is 18.2 Å². The molecule has 1 spiro atoms. The third kappa shape index (κ3) is 3.31. The molecule has 6 atom stereocenters. The molecule has 2 heterocycles. The summed E-state index contributed by atoms with van der Waals surface area (Å²) in [5.41, 5.74) is -1.82. The molecule has 0 unspecified atom stereocenters. The summed E-state index contributed by atoms with van der Waals surface area (Å²) in [7, 11) is 1.23. The van der Waals surface area contributed by atoms with Gasteiger partial charge in [0.25, 0.3) is 0 Å². The fourth-order valence-corrected chi connectivity index (χ4v) is 4.53. The van der Waals surface area contributed by atoms with Crippen molar-refractivity contribution in [3.05, 3.63) is 35.9 Å². The number of aliphatic hydroxyl groups is 2. The molecular formula is C21H24O9. The summed E-state index contributed by atoms with van der Waals surface area (Å²) in [5, 5.41) is 21.5. The molecule has 0 bridgehead atoms. The van der Waals surface area contributed by atoms with Crippen LogP contribution in [0.15, 0.2) is 30.3 Å². The van der Waals surface area contributed by atoms with E-state index >= 15 is 0 Å². The zero-order chi connectivity index (χ0) is 21.5. The van der Waals surface area contributed by atoms with Crippen LogP contribution >= 0.6 is 0 Å². The number of aliphatic hydroxyl groups excluding tert-OH is 1. The first kappa shape index (κ1) is 20.9. The molecule has 3 fully saturated rings. The summed E-state index contributed by atoms with van der Waals surface area (Å²) < 4.78 is 21.7. The van der Waals surface area contributed by atoms with Crippen molar-refractivity contribution in [3.63, 3.8) is 0 Å². The number of rotatable bonds is 3. The number of methoxy groups -OCH3 is 1. The maximum absolute atomic E-state index is 13.2. The number of hydrogen-bond donors (Lipinski definition) is 2. The van der Waals surface area contributed by atoms with Gasteiger partial charge in [0.05, 0.1) is 31.3 Å². The van der Waals surface area contributed by atoms with E-state index < -0.39 is 53.3 Å². The predicted octanol–water partition coefficient (Wildman–Crippen LogP) is 0.362. The topological polar surface area (TPSA) is 129 Å². The highest BCUT2D eigenvalue weighted by Crippen LogP contribution is 2.49. The van der Waals surface area contributed by atoms with Gasteiger partial charge in [-0.05, 0) is 25.0 Å². The van der Waals surface area contributed by atoms with Gasteiger partial charge in [-0.25, -0.2) is 4.79 Å². The second-order valence-corrected chi connectivity index (χ2v) is 7.96. The molecule has 162 valence electrons. The minimum absolute atomic E-state index is 0.00551. The van der Waals surface area contributed by atoms with Crippen LogP contribution in [-0.4, -0.2) is 71.4 Å². The molecule has 1 aromatic rings. The van der Waals surface area contributed by atoms with Crippen molar-refractivity contribution < 1.29 is 43.5 Å². The maximum Gasteiger partial charge on any atom is 0.338 e. The number of ketones is 1. The molecule has 2 saturated heterocycles. The summed E-state index contributed by atoms with van der Waals surface area (Å²) in [6, 6.07) is 8.45. The van der Waals surface area contributed by atoms with Gasteiger partial charge < -0.3 is 29.2 Å². The number of Topliss-reactive ketones (excluding diaryl/α,β-unsaturated/α-hetero) is 1. The zero-order valence-corrected chi connectivity index (χ0v) is 16.5. The largest absolute Gasteiger partial charge is 0.469 e. The summed E-state index contributed by atoms with van der Waals surface area (Å²) in [4.78, 5) is 37.5. The molecule has 30 heavy (non-hydrogen) atoms. The maximum atomic E-state index is 13.2. The number of carbonyl (C=O) groups excluding carboxylic acids is 3. The molecule has 9 heteroatoms. The highest BCUT2D eigenvalue weighted by Gasteiger charge is 2.70. The van der Waals surface area contributed by atoms with E-state index in [9.17, 15) is 24.6 Å². The molecule has 2 N–H and O–H groups in total. The highest BCUT2D eigenvalue weighted by molar-refractivity contribution is 5.97. The lowest BCUT2D eigenvalue weighted by Gasteiger charge is -2.38. The lowest BCUT2D eigenvalue weighted by atomic mass is 9.72. The lowest BCUT2D eigenvalue weighted by Crippen LogP contribution is -2.61. The number of ether oxygens (including phenoxy) is 4. The Labute approximate surface area is 172 Å². The quantitative estimate of drug-likeness (QED) is 0.666. The molecule has 2 aliphatic heterocycles. The molecule has 0 radical (unpaired) electrons. The van der Waals surface area contributed by atoms with Crippen molar-refractivity contribution in [3.8, 4) is 0 Å². The van der Waals surface area contributed by atoms with E-state index in [4.69, 9.17) is 18.9 Å². The molecule has 3 aliphatic rings. The minimum Gasteiger partial charge on any atom is -0.469 e. The predicted molar refractivity (Wildman–Crippen MR) is 99.1 cm³/mol. The Balaban J connectivity index is 1.52. The number of fused-ring (bicyclic) bond motifs is 1. The molecule has 4 rings (SSSR count). The van der Waals surface area contributed by atoms with Crippen LogP contribution in [0.2, 0.25) is 0 Å². The van der Waals surface area contributed by atoms with Crippen molar-refractivity contribution in [1.29, 1.82) is 0 Å². The van der Waals surface area contributed by atoms with Gasteiger partial charge >= 0.3 is 11.9 Å². The van der Waals surface area contributed by atoms with Crippen LogP contribution in [0.25, 0.3) is 0 Å². The summed E-state index contributed by atoms with van der Waals surface area (Å²) >= 11 is 0. The van der Waals surface area contributed by atoms with Crippen LogP contribution in [0, 0.1) is 5.92 Å². The van der Waals surface area contributed by atoms with Crippen molar-refractivity contribution >= 4 is 17.7 Å². The van der Waals surface area contributed by atoms with Gasteiger partial charge in [0.15, 0.2) is 5.60 Å². The first-order chi connectivity index (χ1) is 14.3. The van der Waals surface area contributed by atoms with Gasteiger partial charge in [0.2, 0.25) is 11.6 Å². The monoisotopic (exact) mass is 420 g/mol. The number of hydrogen-bond acceptors (Lipinski definition) is 9. The molecule has 0 amide bonds. The van der Waals surface area contributed by atoms with E-state index in [1.54, 1.807) is 30.3 Å². The summed E-state index contributed by atoms with van der Waals surface area (Å²) in [6.45, 7) is 0.0673. The molecular weight excluding hydrogens is 396 g/mol. The summed E-state index contributed by atoms with van der Waals surface area (Å²) in [5.74, 6) is -4.45. The SMILES string of the molecule is COC(=O)[C@H]1C[C@H](O)[C@]2(O)C(=O)[C@]3(C[C@H](OC(=O)c4ccccc4)CCO3)O[C@@H]2C1. The number of carbonyl (C=O) groups is 3. The standard InChI is InChI=1S/C21H24O9/c1-27-17(23)13-9-15(22)21(26)16(10-13)30-20(19(21)25)11-14(7-8-28-20)29-18(24)12-5-3-2-4-6-12/h2-6,13-16,22,26H,7-11H2,1H3/t13-,14+,15-,16+,20-,21+/m0/s1. The van der Waals surface area contributed by atoms with Crippen molar-refractivity contribution in [2.45, 2.75) is 55.4 Å². The van der Waals surface area contributed by atoms with E-state index in [-0.39, 0.29) is 25.9 Å². The summed E-state index contributed by atoms with van der Waals surface area (Å²) in [6.07, 6.45) is -3.20. The van der Waals surface area contributed by atoms with Gasteiger partial charge in [0, 0.05) is 12.8 Å². The second-order valence-electron chi connectivity index (χ2n) is 7.96. The van der Waals surface area contributed by atoms with Gasteiger partial charge in [0.1, 0.15) is 12.2 Å². The van der Waals surface area contributed by atoms with Crippen molar-refractivity contribution in [2.75, 3.05) is 13.7 Å². The fourth-order valence-electron chi connectivity index (χ4n) is 4.53. The third-order valence-electron chi connectivity index (χ3n) is 6.14. The number of esters is 2. The van der Waals surface area contributed by atoms with Crippen LogP contribution < -0.4 is 0 Å². The normalized spacial score (nSPS) is 38.2. The molecule has 0 aromatic heterocycles. The van der Waals surface area contributed by atoms with Crippen molar-refractivity contribution in [1.82, 2.24) is 0 Å². The zero-order valence-electron chi connectivity index (χ0n) is 16.5. The van der Waals surface area contributed by atoms with Crippen LogP contribution in [-0.2, 0) is 28.5 Å². The Morgan fingerprint density at radius 3 is 2.63 bits per heavy atom. The van der Waals surface area contributed by atoms with E-state index in [2.05, 4.69) is 0 Å². The first-order valence-electron chi connectivity index (χ1n) is 9.91. The van der Waals surface area contributed by atoms with Crippen molar-refractivity contribution in [2.24, 2.45) is 5.92 Å². The van der Waals surface area contributed by atoms with Crippen LogP contribution in [0.3, 0.4) is 0 Å². The average molecular weight is 420 g/mol. The van der Waals surface area contributed by atoms with Gasteiger partial charge in [-0.3, -0.25) is 9.59 Å².